The molecule has 1 aromatic heterocycles. The van der Waals surface area contributed by atoms with Crippen molar-refractivity contribution < 1.29 is 4.42 Å². The minimum absolute atomic E-state index is 0.376. The Hall–Kier alpha value is -1.49. The molecule has 0 fully saturated rings. The summed E-state index contributed by atoms with van der Waals surface area (Å²) in [5.41, 5.74) is 1.52. The van der Waals surface area contributed by atoms with E-state index in [1.165, 1.54) is 0 Å². The maximum absolute atomic E-state index is 11.0. The molecule has 0 aliphatic carbocycles. The molecule has 5 heteroatoms. The molecule has 0 aliphatic heterocycles. The summed E-state index contributed by atoms with van der Waals surface area (Å²) >= 11 is 3.02. The second-order valence-electron chi connectivity index (χ2n) is 2.68. The minimum atomic E-state index is -0.481. The van der Waals surface area contributed by atoms with Crippen molar-refractivity contribution in [2.45, 2.75) is 0 Å². The van der Waals surface area contributed by atoms with Crippen LogP contribution in [0.3, 0.4) is 0 Å². The lowest BCUT2D eigenvalue weighted by Gasteiger charge is -1.97. The average molecular weight is 255 g/mol. The van der Waals surface area contributed by atoms with Crippen LogP contribution in [0, 0.1) is 0 Å². The zero-order chi connectivity index (χ0) is 9.97. The Labute approximate surface area is 88.3 Å². The third kappa shape index (κ3) is 1.58. The number of nitrogens with one attached hydrogen (secondary N) is 2. The Balaban J connectivity index is 2.56. The van der Waals surface area contributed by atoms with Gasteiger partial charge in [0.1, 0.15) is 5.69 Å². The predicted octanol–water partition coefficient (Wildman–Crippen LogP) is 2.36. The van der Waals surface area contributed by atoms with Crippen LogP contribution in [0.4, 0.5) is 5.88 Å². The third-order valence-electron chi connectivity index (χ3n) is 1.80. The molecule has 4 nitrogen and oxygen atoms in total. The molecule has 0 spiro atoms. The van der Waals surface area contributed by atoms with Crippen LogP contribution in [0.5, 0.6) is 0 Å². The van der Waals surface area contributed by atoms with Crippen LogP contribution >= 0.6 is 16.1 Å². The van der Waals surface area contributed by atoms with Gasteiger partial charge >= 0.3 is 5.76 Å². The molecule has 0 saturated heterocycles. The highest BCUT2D eigenvalue weighted by molar-refractivity contribution is 9.10. The van der Waals surface area contributed by atoms with Gasteiger partial charge < -0.3 is 4.42 Å². The van der Waals surface area contributed by atoms with Crippen molar-refractivity contribution in [3.63, 3.8) is 0 Å². The number of aromatic amines is 1. The largest absolute Gasteiger partial charge is 0.418 e. The molecule has 2 N–H and O–H groups in total. The third-order valence-corrected chi connectivity index (χ3v) is 2.16. The quantitative estimate of drug-likeness (QED) is 0.810. The van der Waals surface area contributed by atoms with Crippen LogP contribution in [0.1, 0.15) is 0 Å². The summed E-state index contributed by atoms with van der Waals surface area (Å²) in [5.74, 6) is -0.105. The summed E-state index contributed by atoms with van der Waals surface area (Å²) in [6.07, 6.45) is 0. The Morgan fingerprint density at radius 2 is 2.00 bits per heavy atom. The van der Waals surface area contributed by atoms with E-state index in [9.17, 15) is 4.79 Å². The van der Waals surface area contributed by atoms with Crippen LogP contribution in [0.2, 0.25) is 0 Å². The van der Waals surface area contributed by atoms with Gasteiger partial charge in [-0.2, -0.15) is 0 Å². The molecular formula is C9H7BrN2O2. The number of oxazole rings is 1. The lowest BCUT2D eigenvalue weighted by Crippen LogP contribution is -1.94. The molecular weight excluding hydrogens is 248 g/mol. The topological polar surface area (TPSA) is 58.0 Å². The molecule has 0 radical (unpaired) electrons. The highest BCUT2D eigenvalue weighted by atomic mass is 79.9. The molecule has 0 bridgehead atoms. The normalized spacial score (nSPS) is 10.1. The zero-order valence-corrected chi connectivity index (χ0v) is 8.67. The van der Waals surface area contributed by atoms with E-state index in [4.69, 9.17) is 4.42 Å². The van der Waals surface area contributed by atoms with Gasteiger partial charge in [0.2, 0.25) is 5.88 Å². The molecule has 0 unspecified atom stereocenters. The zero-order valence-electron chi connectivity index (χ0n) is 7.08. The van der Waals surface area contributed by atoms with Crippen molar-refractivity contribution in [2.24, 2.45) is 0 Å². The van der Waals surface area contributed by atoms with E-state index >= 15 is 0 Å². The van der Waals surface area contributed by atoms with E-state index in [2.05, 4.69) is 25.5 Å². The fourth-order valence-corrected chi connectivity index (χ4v) is 1.48. The fraction of sp³-hybridized carbons (Fsp3) is 0. The van der Waals surface area contributed by atoms with Gasteiger partial charge in [-0.3, -0.25) is 9.33 Å². The number of rotatable bonds is 2. The van der Waals surface area contributed by atoms with Crippen LogP contribution in [0.15, 0.2) is 39.5 Å². The van der Waals surface area contributed by atoms with Crippen LogP contribution < -0.4 is 10.1 Å². The lowest BCUT2D eigenvalue weighted by molar-refractivity contribution is 0.533. The van der Waals surface area contributed by atoms with Crippen LogP contribution in [0.25, 0.3) is 11.3 Å². The van der Waals surface area contributed by atoms with Gasteiger partial charge in [-0.05, 0) is 0 Å². The molecule has 1 heterocycles. The van der Waals surface area contributed by atoms with Gasteiger partial charge in [0.05, 0.1) is 0 Å². The van der Waals surface area contributed by atoms with E-state index in [0.717, 1.165) is 5.56 Å². The number of hydrogen-bond acceptors (Lipinski definition) is 3. The molecule has 0 atom stereocenters. The van der Waals surface area contributed by atoms with E-state index in [1.54, 1.807) is 0 Å². The highest BCUT2D eigenvalue weighted by Gasteiger charge is 2.09. The summed E-state index contributed by atoms with van der Waals surface area (Å²) in [6.45, 7) is 0. The second-order valence-corrected chi connectivity index (χ2v) is 3.08. The van der Waals surface area contributed by atoms with Gasteiger partial charge in [0, 0.05) is 21.7 Å². The van der Waals surface area contributed by atoms with E-state index in [0.29, 0.717) is 11.6 Å². The number of halogens is 1. The molecule has 14 heavy (non-hydrogen) atoms. The molecule has 0 aliphatic rings. The van der Waals surface area contributed by atoms with E-state index < -0.39 is 5.76 Å². The van der Waals surface area contributed by atoms with E-state index in [1.807, 2.05) is 30.3 Å². The van der Waals surface area contributed by atoms with Gasteiger partial charge in [0.15, 0.2) is 0 Å². The van der Waals surface area contributed by atoms with Crippen molar-refractivity contribution in [3.05, 3.63) is 40.9 Å². The molecule has 2 rings (SSSR count). The van der Waals surface area contributed by atoms with Gasteiger partial charge in [0.25, 0.3) is 0 Å². The SMILES string of the molecule is O=c1[nH]c(-c2ccccc2)c(NBr)o1. The van der Waals surface area contributed by atoms with Gasteiger partial charge in [-0.15, -0.1) is 0 Å². The maximum atomic E-state index is 11.0. The molecule has 1 aromatic carbocycles. The summed E-state index contributed by atoms with van der Waals surface area (Å²) in [5, 5.41) is 0. The van der Waals surface area contributed by atoms with Crippen molar-refractivity contribution in [1.29, 1.82) is 0 Å². The van der Waals surface area contributed by atoms with Gasteiger partial charge in [-0.1, -0.05) is 30.3 Å². The number of benzene rings is 1. The first kappa shape index (κ1) is 9.08. The lowest BCUT2D eigenvalue weighted by atomic mass is 10.2. The summed E-state index contributed by atoms with van der Waals surface area (Å²) in [6, 6.07) is 9.45. The number of H-pyrrole nitrogens is 1. The van der Waals surface area contributed by atoms with Crippen molar-refractivity contribution in [3.8, 4) is 11.3 Å². The molecule has 72 valence electrons. The van der Waals surface area contributed by atoms with Crippen LogP contribution in [-0.4, -0.2) is 4.98 Å². The number of aromatic nitrogens is 1. The summed E-state index contributed by atoms with van der Waals surface area (Å²) < 4.78 is 7.48. The first-order chi connectivity index (χ1) is 6.81. The van der Waals surface area contributed by atoms with E-state index in [-0.39, 0.29) is 0 Å². The first-order valence-electron chi connectivity index (χ1n) is 3.96. The Morgan fingerprint density at radius 3 is 2.64 bits per heavy atom. The Bertz CT molecular complexity index is 475. The minimum Gasteiger partial charge on any atom is -0.390 e. The molecule has 2 aromatic rings. The van der Waals surface area contributed by atoms with Crippen LogP contribution in [-0.2, 0) is 0 Å². The number of hydrogen-bond donors (Lipinski definition) is 2. The van der Waals surface area contributed by atoms with Crippen molar-refractivity contribution >= 4 is 22.0 Å². The summed E-state index contributed by atoms with van der Waals surface area (Å²) in [7, 11) is 0. The monoisotopic (exact) mass is 254 g/mol. The number of anilines is 1. The molecule has 0 saturated carbocycles. The summed E-state index contributed by atoms with van der Waals surface area (Å²) in [4.78, 5) is 13.6. The Morgan fingerprint density at radius 1 is 1.29 bits per heavy atom. The first-order valence-corrected chi connectivity index (χ1v) is 4.76. The second kappa shape index (κ2) is 3.71. The van der Waals surface area contributed by atoms with Crippen molar-refractivity contribution in [1.82, 2.24) is 4.98 Å². The highest BCUT2D eigenvalue weighted by Crippen LogP contribution is 2.24. The fourth-order valence-electron chi connectivity index (χ4n) is 1.20. The smallest absolute Gasteiger partial charge is 0.390 e. The average Bonchev–Trinajstić information content (AvgIpc) is 2.61. The van der Waals surface area contributed by atoms with Gasteiger partial charge in [-0.25, -0.2) is 4.79 Å². The predicted molar refractivity (Wildman–Crippen MR) is 57.3 cm³/mol. The van der Waals surface area contributed by atoms with Crippen molar-refractivity contribution in [2.75, 3.05) is 4.34 Å². The maximum Gasteiger partial charge on any atom is 0.418 e. The standard InChI is InChI=1S/C9H7BrN2O2/c10-12-8-7(11-9(13)14-8)6-4-2-1-3-5-6/h1-5,12H,(H,11,13). The Kier molecular flexibility index (Phi) is 2.41. The molecule has 0 amide bonds.